The monoisotopic (exact) mass is 302 g/mol. The largest absolute Gasteiger partial charge is 0.398 e. The van der Waals surface area contributed by atoms with E-state index in [-0.39, 0.29) is 5.91 Å². The zero-order chi connectivity index (χ0) is 15.2. The number of carbonyl (C=O) groups is 1. The fourth-order valence-electron chi connectivity index (χ4n) is 2.02. The second-order valence-electron chi connectivity index (χ2n) is 4.99. The molecule has 0 saturated heterocycles. The van der Waals surface area contributed by atoms with Crippen molar-refractivity contribution in [2.75, 3.05) is 11.1 Å². The number of unbranched alkanes of at least 4 members (excludes halogenated alkanes) is 1. The summed E-state index contributed by atoms with van der Waals surface area (Å²) in [4.78, 5) is 12.1. The number of anilines is 2. The first-order chi connectivity index (χ1) is 10.1. The van der Waals surface area contributed by atoms with E-state index in [0.717, 1.165) is 12.1 Å². The lowest BCUT2D eigenvalue weighted by molar-refractivity contribution is 0.102. The molecule has 0 heterocycles. The van der Waals surface area contributed by atoms with Crippen LogP contribution in [0.15, 0.2) is 42.5 Å². The number of nitrogens with two attached hydrogens (primary N) is 1. The Bertz CT molecular complexity index is 623. The molecule has 4 heteroatoms. The highest BCUT2D eigenvalue weighted by atomic mass is 35.5. The highest BCUT2D eigenvalue weighted by Gasteiger charge is 2.08. The van der Waals surface area contributed by atoms with Crippen molar-refractivity contribution in [3.05, 3.63) is 58.6 Å². The Kier molecular flexibility index (Phi) is 5.23. The van der Waals surface area contributed by atoms with Crippen molar-refractivity contribution in [3.63, 3.8) is 0 Å². The van der Waals surface area contributed by atoms with Crippen LogP contribution in [0.25, 0.3) is 0 Å². The first-order valence-electron chi connectivity index (χ1n) is 7.05. The molecule has 21 heavy (non-hydrogen) atoms. The van der Waals surface area contributed by atoms with Gasteiger partial charge in [0.1, 0.15) is 0 Å². The van der Waals surface area contributed by atoms with Crippen LogP contribution in [-0.4, -0.2) is 5.91 Å². The van der Waals surface area contributed by atoms with Gasteiger partial charge in [0.05, 0.1) is 10.7 Å². The number of rotatable bonds is 5. The molecule has 110 valence electrons. The molecule has 0 aliphatic heterocycles. The normalized spacial score (nSPS) is 10.4. The van der Waals surface area contributed by atoms with Crippen molar-refractivity contribution in [1.82, 2.24) is 0 Å². The van der Waals surface area contributed by atoms with Gasteiger partial charge in [0.2, 0.25) is 0 Å². The van der Waals surface area contributed by atoms with Crippen LogP contribution < -0.4 is 11.1 Å². The van der Waals surface area contributed by atoms with Gasteiger partial charge in [-0.25, -0.2) is 0 Å². The minimum absolute atomic E-state index is 0.195. The molecular formula is C17H19ClN2O. The number of nitrogen functional groups attached to an aromatic ring is 1. The number of hydrogen-bond donors (Lipinski definition) is 2. The quantitative estimate of drug-likeness (QED) is 0.798. The lowest BCUT2D eigenvalue weighted by Gasteiger charge is -2.07. The topological polar surface area (TPSA) is 55.1 Å². The van der Waals surface area contributed by atoms with Crippen molar-refractivity contribution >= 4 is 28.9 Å². The van der Waals surface area contributed by atoms with Gasteiger partial charge >= 0.3 is 0 Å². The van der Waals surface area contributed by atoms with E-state index in [1.165, 1.54) is 18.4 Å². The Morgan fingerprint density at radius 3 is 2.52 bits per heavy atom. The van der Waals surface area contributed by atoms with Gasteiger partial charge in [-0.3, -0.25) is 4.79 Å². The zero-order valence-electron chi connectivity index (χ0n) is 12.0. The van der Waals surface area contributed by atoms with Gasteiger partial charge in [-0.2, -0.15) is 0 Å². The second kappa shape index (κ2) is 7.14. The minimum Gasteiger partial charge on any atom is -0.398 e. The van der Waals surface area contributed by atoms with Crippen LogP contribution in [0.5, 0.6) is 0 Å². The molecule has 0 atom stereocenters. The van der Waals surface area contributed by atoms with Crippen LogP contribution in [0.4, 0.5) is 11.4 Å². The molecule has 0 saturated carbocycles. The average Bonchev–Trinajstić information content (AvgIpc) is 2.49. The molecule has 0 radical (unpaired) electrons. The van der Waals surface area contributed by atoms with Gasteiger partial charge in [-0.15, -0.1) is 0 Å². The number of aryl methyl sites for hydroxylation is 1. The number of hydrogen-bond acceptors (Lipinski definition) is 2. The first-order valence-corrected chi connectivity index (χ1v) is 7.43. The third-order valence-corrected chi connectivity index (χ3v) is 3.63. The molecule has 0 fully saturated rings. The Morgan fingerprint density at radius 2 is 1.90 bits per heavy atom. The Hall–Kier alpha value is -2.00. The number of nitrogens with one attached hydrogen (secondary N) is 1. The summed E-state index contributed by atoms with van der Waals surface area (Å²) in [6.07, 6.45) is 3.42. The molecule has 2 rings (SSSR count). The second-order valence-corrected chi connectivity index (χ2v) is 5.40. The van der Waals surface area contributed by atoms with Crippen LogP contribution in [0.3, 0.4) is 0 Å². The standard InChI is InChI=1S/C17H19ClN2O/c1-2-3-4-12-5-8-14(9-6-12)20-17(21)13-7-10-15(18)16(19)11-13/h5-11H,2-4,19H2,1H3,(H,20,21). The van der Waals surface area contributed by atoms with Crippen molar-refractivity contribution in [2.24, 2.45) is 0 Å². The fraction of sp³-hybridized carbons (Fsp3) is 0.235. The summed E-state index contributed by atoms with van der Waals surface area (Å²) in [6.45, 7) is 2.17. The zero-order valence-corrected chi connectivity index (χ0v) is 12.8. The Balaban J connectivity index is 2.03. The lowest BCUT2D eigenvalue weighted by atomic mass is 10.1. The van der Waals surface area contributed by atoms with E-state index in [0.29, 0.717) is 16.3 Å². The maximum Gasteiger partial charge on any atom is 0.255 e. The summed E-state index contributed by atoms with van der Waals surface area (Å²) in [7, 11) is 0. The number of halogens is 1. The van der Waals surface area contributed by atoms with E-state index in [9.17, 15) is 4.79 Å². The van der Waals surface area contributed by atoms with Crippen molar-refractivity contribution < 1.29 is 4.79 Å². The number of carbonyl (C=O) groups excluding carboxylic acids is 1. The molecule has 0 spiro atoms. The molecule has 0 bridgehead atoms. The molecule has 2 aromatic carbocycles. The SMILES string of the molecule is CCCCc1ccc(NC(=O)c2ccc(Cl)c(N)c2)cc1. The molecule has 0 unspecified atom stereocenters. The highest BCUT2D eigenvalue weighted by molar-refractivity contribution is 6.33. The fourth-order valence-corrected chi connectivity index (χ4v) is 2.14. The van der Waals surface area contributed by atoms with Gasteiger partial charge in [0, 0.05) is 11.3 Å². The summed E-state index contributed by atoms with van der Waals surface area (Å²) in [5, 5.41) is 3.30. The summed E-state index contributed by atoms with van der Waals surface area (Å²) in [5.41, 5.74) is 8.66. The van der Waals surface area contributed by atoms with Crippen molar-refractivity contribution in [1.29, 1.82) is 0 Å². The Labute approximate surface area is 130 Å². The van der Waals surface area contributed by atoms with Crippen LogP contribution in [-0.2, 0) is 6.42 Å². The van der Waals surface area contributed by atoms with E-state index in [1.54, 1.807) is 18.2 Å². The molecule has 0 aromatic heterocycles. The van der Waals surface area contributed by atoms with E-state index in [4.69, 9.17) is 17.3 Å². The molecule has 3 N–H and O–H groups in total. The predicted molar refractivity (Wildman–Crippen MR) is 88.9 cm³/mol. The van der Waals surface area contributed by atoms with Crippen LogP contribution in [0.2, 0.25) is 5.02 Å². The van der Waals surface area contributed by atoms with E-state index in [2.05, 4.69) is 12.2 Å². The van der Waals surface area contributed by atoms with Crippen molar-refractivity contribution in [2.45, 2.75) is 26.2 Å². The first kappa shape index (κ1) is 15.4. The van der Waals surface area contributed by atoms with E-state index < -0.39 is 0 Å². The van der Waals surface area contributed by atoms with Crippen LogP contribution in [0.1, 0.15) is 35.7 Å². The average molecular weight is 303 g/mol. The summed E-state index contributed by atoms with van der Waals surface area (Å²) < 4.78 is 0. The number of benzene rings is 2. The van der Waals surface area contributed by atoms with Gasteiger partial charge in [0.15, 0.2) is 0 Å². The van der Waals surface area contributed by atoms with Gasteiger partial charge in [-0.1, -0.05) is 37.1 Å². The predicted octanol–water partition coefficient (Wildman–Crippen LogP) is 4.52. The smallest absolute Gasteiger partial charge is 0.255 e. The summed E-state index contributed by atoms with van der Waals surface area (Å²) in [5.74, 6) is -0.195. The number of amides is 1. The third kappa shape index (κ3) is 4.23. The van der Waals surface area contributed by atoms with Crippen LogP contribution in [0, 0.1) is 0 Å². The maximum absolute atomic E-state index is 12.1. The molecule has 1 amide bonds. The van der Waals surface area contributed by atoms with Gasteiger partial charge in [-0.05, 0) is 48.7 Å². The molecule has 0 aliphatic rings. The molecule has 2 aromatic rings. The van der Waals surface area contributed by atoms with E-state index >= 15 is 0 Å². The van der Waals surface area contributed by atoms with Gasteiger partial charge < -0.3 is 11.1 Å². The summed E-state index contributed by atoms with van der Waals surface area (Å²) in [6, 6.07) is 12.8. The Morgan fingerprint density at radius 1 is 1.19 bits per heavy atom. The highest BCUT2D eigenvalue weighted by Crippen LogP contribution is 2.20. The lowest BCUT2D eigenvalue weighted by Crippen LogP contribution is -2.12. The molecule has 0 aliphatic carbocycles. The van der Waals surface area contributed by atoms with Crippen molar-refractivity contribution in [3.8, 4) is 0 Å². The molecular weight excluding hydrogens is 284 g/mol. The van der Waals surface area contributed by atoms with Gasteiger partial charge in [0.25, 0.3) is 5.91 Å². The summed E-state index contributed by atoms with van der Waals surface area (Å²) >= 11 is 5.85. The van der Waals surface area contributed by atoms with Crippen LogP contribution >= 0.6 is 11.6 Å². The minimum atomic E-state index is -0.195. The third-order valence-electron chi connectivity index (χ3n) is 3.29. The molecule has 3 nitrogen and oxygen atoms in total. The maximum atomic E-state index is 12.1. The van der Waals surface area contributed by atoms with E-state index in [1.807, 2.05) is 24.3 Å².